The first kappa shape index (κ1) is 31.9. The summed E-state index contributed by atoms with van der Waals surface area (Å²) in [6.07, 6.45) is 2.82. The third-order valence-electron chi connectivity index (χ3n) is 7.38. The van der Waals surface area contributed by atoms with Gasteiger partial charge in [-0.15, -0.1) is 0 Å². The van der Waals surface area contributed by atoms with E-state index in [0.717, 1.165) is 51.3 Å². The third kappa shape index (κ3) is 7.90. The number of halogens is 1. The Labute approximate surface area is 250 Å². The fourth-order valence-electron chi connectivity index (χ4n) is 5.37. The lowest BCUT2D eigenvalue weighted by Gasteiger charge is -2.22. The third-order valence-corrected chi connectivity index (χ3v) is 7.38. The molecule has 2 heterocycles. The maximum Gasteiger partial charge on any atom is 0.305 e. The van der Waals surface area contributed by atoms with Gasteiger partial charge in [-0.3, -0.25) is 14.6 Å². The van der Waals surface area contributed by atoms with Crippen molar-refractivity contribution in [3.8, 4) is 22.4 Å². The van der Waals surface area contributed by atoms with Crippen LogP contribution in [0.3, 0.4) is 0 Å². The predicted octanol–water partition coefficient (Wildman–Crippen LogP) is 4.27. The number of carbonyl (C=O) groups is 2. The van der Waals surface area contributed by atoms with Gasteiger partial charge in [0.05, 0.1) is 35.7 Å². The normalized spacial score (nSPS) is 14.2. The van der Waals surface area contributed by atoms with Crippen molar-refractivity contribution < 1.29 is 34.4 Å². The number of fused-ring (bicyclic) bond motifs is 3. The summed E-state index contributed by atoms with van der Waals surface area (Å²) in [6, 6.07) is 9.75. The highest BCUT2D eigenvalue weighted by atomic mass is 19.1. The summed E-state index contributed by atoms with van der Waals surface area (Å²) in [5.41, 5.74) is 6.67. The molecule has 0 unspecified atom stereocenters. The molecule has 0 radical (unpaired) electrons. The summed E-state index contributed by atoms with van der Waals surface area (Å²) in [4.78, 5) is 33.4. The first-order valence-electron chi connectivity index (χ1n) is 14.6. The lowest BCUT2D eigenvalue weighted by Crippen LogP contribution is -2.26. The molecule has 0 saturated heterocycles. The number of rotatable bonds is 12. The SMILES string of the molecule is CC(C)c1nc2c(c(-c3ccc(F)cc3)c1C=C[C@@H](O)C[C@@H](O)CC(=O)O)CCCc1nc(C(=O)NCCCO)ccc1-2. The summed E-state index contributed by atoms with van der Waals surface area (Å²) in [5.74, 6) is -1.87. The average molecular weight is 592 g/mol. The minimum atomic E-state index is -1.20. The molecule has 0 spiro atoms. The van der Waals surface area contributed by atoms with Crippen LogP contribution >= 0.6 is 0 Å². The number of pyridine rings is 2. The number of carboxylic acids is 1. The van der Waals surface area contributed by atoms with Crippen LogP contribution in [0.5, 0.6) is 0 Å². The van der Waals surface area contributed by atoms with Gasteiger partial charge in [0.2, 0.25) is 0 Å². The highest BCUT2D eigenvalue weighted by Gasteiger charge is 2.26. The zero-order chi connectivity index (χ0) is 31.1. The van der Waals surface area contributed by atoms with E-state index in [1.165, 1.54) is 18.2 Å². The Morgan fingerprint density at radius 3 is 2.49 bits per heavy atom. The largest absolute Gasteiger partial charge is 0.481 e. The maximum atomic E-state index is 14.0. The van der Waals surface area contributed by atoms with Gasteiger partial charge >= 0.3 is 5.97 Å². The molecule has 10 heteroatoms. The lowest BCUT2D eigenvalue weighted by atomic mass is 9.86. The molecule has 0 aliphatic heterocycles. The number of hydrogen-bond acceptors (Lipinski definition) is 7. The number of amides is 1. The number of nitrogens with one attached hydrogen (secondary N) is 1. The molecule has 4 rings (SSSR count). The van der Waals surface area contributed by atoms with Gasteiger partial charge in [0.1, 0.15) is 11.5 Å². The number of carboxylic acid groups (broad SMARTS) is 1. The second kappa shape index (κ2) is 14.5. The van der Waals surface area contributed by atoms with Crippen LogP contribution in [-0.2, 0) is 17.6 Å². The number of aliphatic hydroxyl groups excluding tert-OH is 3. The highest BCUT2D eigenvalue weighted by Crippen LogP contribution is 2.41. The second-order valence-corrected chi connectivity index (χ2v) is 11.1. The molecule has 9 nitrogen and oxygen atoms in total. The van der Waals surface area contributed by atoms with E-state index in [-0.39, 0.29) is 30.7 Å². The van der Waals surface area contributed by atoms with Crippen LogP contribution in [-0.4, -0.2) is 67.6 Å². The van der Waals surface area contributed by atoms with Crippen LogP contribution in [0, 0.1) is 5.82 Å². The van der Waals surface area contributed by atoms with Gasteiger partial charge in [-0.2, -0.15) is 0 Å². The van der Waals surface area contributed by atoms with Crippen LogP contribution in [0.15, 0.2) is 42.5 Å². The topological polar surface area (TPSA) is 153 Å². The van der Waals surface area contributed by atoms with E-state index < -0.39 is 24.6 Å². The summed E-state index contributed by atoms with van der Waals surface area (Å²) in [5, 5.41) is 41.4. The van der Waals surface area contributed by atoms with Crippen molar-refractivity contribution in [2.75, 3.05) is 13.2 Å². The van der Waals surface area contributed by atoms with Crippen molar-refractivity contribution in [1.29, 1.82) is 0 Å². The Bertz CT molecular complexity index is 1490. The summed E-state index contributed by atoms with van der Waals surface area (Å²) in [6.45, 7) is 4.34. The van der Waals surface area contributed by atoms with Crippen molar-refractivity contribution in [2.45, 2.75) is 70.5 Å². The summed E-state index contributed by atoms with van der Waals surface area (Å²) >= 11 is 0. The van der Waals surface area contributed by atoms with E-state index in [1.807, 2.05) is 19.9 Å². The van der Waals surface area contributed by atoms with E-state index in [0.29, 0.717) is 31.5 Å². The van der Waals surface area contributed by atoms with Crippen LogP contribution < -0.4 is 5.32 Å². The highest BCUT2D eigenvalue weighted by molar-refractivity contribution is 5.93. The van der Waals surface area contributed by atoms with Crippen LogP contribution in [0.4, 0.5) is 4.39 Å². The van der Waals surface area contributed by atoms with Crippen LogP contribution in [0.2, 0.25) is 0 Å². The number of aliphatic hydroxyl groups is 3. The zero-order valence-electron chi connectivity index (χ0n) is 24.4. The van der Waals surface area contributed by atoms with Gasteiger partial charge in [-0.25, -0.2) is 9.37 Å². The number of aromatic nitrogens is 2. The fraction of sp³-hybridized carbons (Fsp3) is 0.394. The molecule has 3 aromatic rings. The molecule has 1 amide bonds. The molecule has 2 aromatic heterocycles. The lowest BCUT2D eigenvalue weighted by molar-refractivity contribution is -0.139. The molecule has 228 valence electrons. The standard InChI is InChI=1S/C33H38FN3O6/c1-19(2)31-26(12-11-22(39)17-23(40)18-29(41)42)30(20-7-9-21(34)10-8-20)25-5-3-6-27-24(32(25)37-31)13-14-28(36-27)33(43)35-15-4-16-38/h7-14,19,22-23,38-40H,3-6,15-18H2,1-2H3,(H,35,43)(H,41,42)/t22-,23-/m1/s1. The van der Waals surface area contributed by atoms with Crippen LogP contribution in [0.25, 0.3) is 28.5 Å². The number of benzene rings is 1. The number of aliphatic carboxylic acids is 1. The Hall–Kier alpha value is -3.99. The fourth-order valence-corrected chi connectivity index (χ4v) is 5.37. The molecule has 0 saturated carbocycles. The van der Waals surface area contributed by atoms with Crippen molar-refractivity contribution in [3.63, 3.8) is 0 Å². The van der Waals surface area contributed by atoms with Gasteiger partial charge in [-0.1, -0.05) is 38.1 Å². The molecular formula is C33H38FN3O6. The van der Waals surface area contributed by atoms with Crippen molar-refractivity contribution in [2.24, 2.45) is 0 Å². The Morgan fingerprint density at radius 2 is 1.81 bits per heavy atom. The molecule has 0 bridgehead atoms. The first-order chi connectivity index (χ1) is 20.6. The smallest absolute Gasteiger partial charge is 0.305 e. The average Bonchev–Trinajstić information content (AvgIpc) is 3.14. The van der Waals surface area contributed by atoms with Crippen LogP contribution in [0.1, 0.15) is 78.5 Å². The minimum absolute atomic E-state index is 0.0161. The number of nitrogens with zero attached hydrogens (tertiary/aromatic N) is 2. The number of aryl methyl sites for hydroxylation is 1. The quantitative estimate of drug-likeness (QED) is 0.196. The van der Waals surface area contributed by atoms with Gasteiger partial charge in [0.15, 0.2) is 0 Å². The monoisotopic (exact) mass is 591 g/mol. The first-order valence-corrected chi connectivity index (χ1v) is 14.6. The van der Waals surface area contributed by atoms with E-state index in [9.17, 15) is 24.2 Å². The second-order valence-electron chi connectivity index (χ2n) is 11.1. The number of carbonyl (C=O) groups excluding carboxylic acids is 1. The van der Waals surface area contributed by atoms with Gasteiger partial charge in [-0.05, 0) is 72.6 Å². The Kier molecular flexibility index (Phi) is 10.7. The molecule has 2 atom stereocenters. The molecule has 1 aromatic carbocycles. The van der Waals surface area contributed by atoms with Crippen molar-refractivity contribution in [1.82, 2.24) is 15.3 Å². The number of hydrogen-bond donors (Lipinski definition) is 5. The maximum absolute atomic E-state index is 14.0. The van der Waals surface area contributed by atoms with Gasteiger partial charge in [0, 0.05) is 30.7 Å². The Morgan fingerprint density at radius 1 is 1.07 bits per heavy atom. The predicted molar refractivity (Wildman–Crippen MR) is 161 cm³/mol. The molecule has 5 N–H and O–H groups in total. The van der Waals surface area contributed by atoms with Gasteiger partial charge < -0.3 is 25.7 Å². The van der Waals surface area contributed by atoms with E-state index in [1.54, 1.807) is 24.3 Å². The van der Waals surface area contributed by atoms with E-state index in [2.05, 4.69) is 5.32 Å². The minimum Gasteiger partial charge on any atom is -0.481 e. The molecule has 1 aliphatic carbocycles. The molecule has 1 aliphatic rings. The molecular weight excluding hydrogens is 553 g/mol. The van der Waals surface area contributed by atoms with Gasteiger partial charge in [0.25, 0.3) is 5.91 Å². The van der Waals surface area contributed by atoms with E-state index in [4.69, 9.17) is 20.2 Å². The molecule has 43 heavy (non-hydrogen) atoms. The summed E-state index contributed by atoms with van der Waals surface area (Å²) < 4.78 is 14.0. The summed E-state index contributed by atoms with van der Waals surface area (Å²) in [7, 11) is 0. The Balaban J connectivity index is 1.85. The van der Waals surface area contributed by atoms with E-state index >= 15 is 0 Å². The van der Waals surface area contributed by atoms with Crippen molar-refractivity contribution in [3.05, 3.63) is 76.5 Å². The molecule has 0 fully saturated rings. The van der Waals surface area contributed by atoms with Crippen molar-refractivity contribution >= 4 is 18.0 Å². The zero-order valence-corrected chi connectivity index (χ0v) is 24.4.